The van der Waals surface area contributed by atoms with E-state index in [1.54, 1.807) is 11.3 Å². The summed E-state index contributed by atoms with van der Waals surface area (Å²) in [5, 5.41) is 2.44. The molecular formula is C49H31N5S. The predicted octanol–water partition coefficient (Wildman–Crippen LogP) is 12.7. The Morgan fingerprint density at radius 1 is 0.291 bits per heavy atom. The van der Waals surface area contributed by atoms with Gasteiger partial charge in [-0.05, 0) is 23.3 Å². The number of thiophene rings is 1. The van der Waals surface area contributed by atoms with Crippen molar-refractivity contribution in [2.45, 2.75) is 0 Å². The molecule has 0 aliphatic heterocycles. The first-order chi connectivity index (χ1) is 27.2. The highest BCUT2D eigenvalue weighted by Gasteiger charge is 2.16. The summed E-state index contributed by atoms with van der Waals surface area (Å²) >= 11 is 1.80. The lowest BCUT2D eigenvalue weighted by molar-refractivity contribution is 1.07. The summed E-state index contributed by atoms with van der Waals surface area (Å²) in [6.07, 6.45) is 0. The van der Waals surface area contributed by atoms with Gasteiger partial charge in [0.15, 0.2) is 23.3 Å². The molecule has 3 aromatic heterocycles. The first-order valence-corrected chi connectivity index (χ1v) is 19.0. The average molecular weight is 722 g/mol. The van der Waals surface area contributed by atoms with E-state index in [-0.39, 0.29) is 0 Å². The van der Waals surface area contributed by atoms with Crippen LogP contribution in [-0.4, -0.2) is 24.9 Å². The van der Waals surface area contributed by atoms with Crippen molar-refractivity contribution < 1.29 is 0 Å². The van der Waals surface area contributed by atoms with E-state index >= 15 is 0 Å². The number of hydrogen-bond donors (Lipinski definition) is 0. The van der Waals surface area contributed by atoms with Crippen molar-refractivity contribution in [3.05, 3.63) is 188 Å². The molecule has 55 heavy (non-hydrogen) atoms. The Morgan fingerprint density at radius 3 is 1.27 bits per heavy atom. The van der Waals surface area contributed by atoms with Crippen molar-refractivity contribution in [3.8, 4) is 79.2 Å². The Kier molecular flexibility index (Phi) is 8.28. The molecule has 0 atom stereocenters. The number of rotatable bonds is 7. The van der Waals surface area contributed by atoms with Crippen LogP contribution < -0.4 is 0 Å². The Morgan fingerprint density at radius 2 is 0.727 bits per heavy atom. The number of benzene rings is 7. The zero-order valence-electron chi connectivity index (χ0n) is 29.5. The lowest BCUT2D eigenvalue weighted by Gasteiger charge is -2.10. The van der Waals surface area contributed by atoms with E-state index in [9.17, 15) is 0 Å². The highest BCUT2D eigenvalue weighted by molar-refractivity contribution is 7.26. The Balaban J connectivity index is 1.03. The quantitative estimate of drug-likeness (QED) is 0.164. The molecule has 258 valence electrons. The van der Waals surface area contributed by atoms with Gasteiger partial charge >= 0.3 is 0 Å². The van der Waals surface area contributed by atoms with Gasteiger partial charge in [-0.25, -0.2) is 24.9 Å². The maximum absolute atomic E-state index is 5.04. The van der Waals surface area contributed by atoms with Crippen molar-refractivity contribution >= 4 is 31.5 Å². The zero-order valence-corrected chi connectivity index (χ0v) is 30.4. The van der Waals surface area contributed by atoms with Gasteiger partial charge in [0, 0.05) is 53.6 Å². The average Bonchev–Trinajstić information content (AvgIpc) is 3.66. The fraction of sp³-hybridized carbons (Fsp3) is 0. The lowest BCUT2D eigenvalue weighted by Crippen LogP contribution is -1.99. The second-order valence-corrected chi connectivity index (χ2v) is 14.4. The van der Waals surface area contributed by atoms with Gasteiger partial charge in [0.2, 0.25) is 0 Å². The molecule has 0 unspecified atom stereocenters. The highest BCUT2D eigenvalue weighted by atomic mass is 32.1. The summed E-state index contributed by atoms with van der Waals surface area (Å²) in [7, 11) is 0. The van der Waals surface area contributed by atoms with E-state index in [0.29, 0.717) is 23.3 Å². The van der Waals surface area contributed by atoms with Gasteiger partial charge in [-0.2, -0.15) is 0 Å². The van der Waals surface area contributed by atoms with Crippen molar-refractivity contribution in [2.24, 2.45) is 0 Å². The monoisotopic (exact) mass is 721 g/mol. The largest absolute Gasteiger partial charge is 0.228 e. The molecule has 5 nitrogen and oxygen atoms in total. The van der Waals surface area contributed by atoms with Crippen molar-refractivity contribution in [1.29, 1.82) is 0 Å². The molecular weight excluding hydrogens is 691 g/mol. The SMILES string of the molecule is c1ccc(-c2cc(-c3ccc(-c4cccc5c4sc4cc(-c6nc(-c7ccccc7)nc(-c7ccccc7)n6)ccc45)cc3)nc(-c3ccccc3)n2)cc1. The molecule has 0 spiro atoms. The standard InChI is InChI=1S/C49H31N5S/c1-5-14-33(15-6-1)42-31-43(51-46(50-42)35-16-7-2-8-17-35)34-26-24-32(25-27-34)39-22-13-23-41-40-29-28-38(30-44(40)55-45(39)41)49-53-47(36-18-9-3-10-19-36)52-48(54-49)37-20-11-4-12-21-37/h1-31H. The molecule has 0 aliphatic carbocycles. The van der Waals surface area contributed by atoms with Gasteiger partial charge in [0.05, 0.1) is 11.4 Å². The minimum atomic E-state index is 0.651. The van der Waals surface area contributed by atoms with E-state index in [1.807, 2.05) is 97.1 Å². The molecule has 10 aromatic rings. The Hall–Kier alpha value is -7.15. The number of nitrogens with zero attached hydrogens (tertiary/aromatic N) is 5. The third kappa shape index (κ3) is 6.35. The topological polar surface area (TPSA) is 64.5 Å². The first kappa shape index (κ1) is 32.5. The Bertz CT molecular complexity index is 2830. The molecule has 0 fully saturated rings. The van der Waals surface area contributed by atoms with Crippen LogP contribution in [-0.2, 0) is 0 Å². The number of fused-ring (bicyclic) bond motifs is 3. The van der Waals surface area contributed by atoms with Crippen LogP contribution in [0.2, 0.25) is 0 Å². The molecule has 3 heterocycles. The van der Waals surface area contributed by atoms with E-state index < -0.39 is 0 Å². The van der Waals surface area contributed by atoms with Crippen molar-refractivity contribution in [1.82, 2.24) is 24.9 Å². The summed E-state index contributed by atoms with van der Waals surface area (Å²) < 4.78 is 2.43. The van der Waals surface area contributed by atoms with E-state index in [4.69, 9.17) is 24.9 Å². The summed E-state index contributed by atoms with van der Waals surface area (Å²) in [5.74, 6) is 2.67. The zero-order chi connectivity index (χ0) is 36.6. The molecule has 0 bridgehead atoms. The van der Waals surface area contributed by atoms with Gasteiger partial charge in [0.25, 0.3) is 0 Å². The molecule has 0 saturated heterocycles. The maximum Gasteiger partial charge on any atom is 0.164 e. The lowest BCUT2D eigenvalue weighted by atomic mass is 10.00. The predicted molar refractivity (Wildman–Crippen MR) is 226 cm³/mol. The third-order valence-corrected chi connectivity index (χ3v) is 11.0. The van der Waals surface area contributed by atoms with Crippen LogP contribution in [0.1, 0.15) is 0 Å². The molecule has 10 rings (SSSR count). The maximum atomic E-state index is 5.04. The summed E-state index contributed by atoms with van der Waals surface area (Å²) in [6.45, 7) is 0. The fourth-order valence-electron chi connectivity index (χ4n) is 6.99. The van der Waals surface area contributed by atoms with Gasteiger partial charge in [0.1, 0.15) is 0 Å². The van der Waals surface area contributed by atoms with Crippen LogP contribution in [0.4, 0.5) is 0 Å². The molecule has 0 radical (unpaired) electrons. The van der Waals surface area contributed by atoms with Crippen LogP contribution in [0.3, 0.4) is 0 Å². The van der Waals surface area contributed by atoms with Crippen LogP contribution in [0.25, 0.3) is 99.4 Å². The molecule has 0 aliphatic rings. The molecule has 7 aromatic carbocycles. The fourth-order valence-corrected chi connectivity index (χ4v) is 8.27. The summed E-state index contributed by atoms with van der Waals surface area (Å²) in [5.41, 5.74) is 10.1. The van der Waals surface area contributed by atoms with E-state index in [2.05, 4.69) is 91.0 Å². The summed E-state index contributed by atoms with van der Waals surface area (Å²) in [4.78, 5) is 24.8. The van der Waals surface area contributed by atoms with Crippen molar-refractivity contribution in [3.63, 3.8) is 0 Å². The minimum Gasteiger partial charge on any atom is -0.228 e. The Labute approximate surface area is 322 Å². The smallest absolute Gasteiger partial charge is 0.164 e. The van der Waals surface area contributed by atoms with Gasteiger partial charge in [-0.3, -0.25) is 0 Å². The highest BCUT2D eigenvalue weighted by Crippen LogP contribution is 2.42. The minimum absolute atomic E-state index is 0.651. The van der Waals surface area contributed by atoms with Crippen LogP contribution in [0.15, 0.2) is 188 Å². The van der Waals surface area contributed by atoms with Crippen LogP contribution in [0, 0.1) is 0 Å². The second kappa shape index (κ2) is 14.0. The van der Waals surface area contributed by atoms with Gasteiger partial charge < -0.3 is 0 Å². The molecule has 6 heteroatoms. The van der Waals surface area contributed by atoms with Gasteiger partial charge in [-0.15, -0.1) is 11.3 Å². The van der Waals surface area contributed by atoms with E-state index in [1.165, 1.54) is 25.7 Å². The van der Waals surface area contributed by atoms with Crippen molar-refractivity contribution in [2.75, 3.05) is 0 Å². The van der Waals surface area contributed by atoms with Gasteiger partial charge in [-0.1, -0.05) is 176 Å². The van der Waals surface area contributed by atoms with Crippen LogP contribution >= 0.6 is 11.3 Å². The first-order valence-electron chi connectivity index (χ1n) is 18.2. The van der Waals surface area contributed by atoms with Crippen LogP contribution in [0.5, 0.6) is 0 Å². The summed E-state index contributed by atoms with van der Waals surface area (Å²) in [6, 6.07) is 64.6. The third-order valence-electron chi connectivity index (χ3n) is 9.78. The number of aromatic nitrogens is 5. The molecule has 0 amide bonds. The number of hydrogen-bond acceptors (Lipinski definition) is 6. The molecule has 0 saturated carbocycles. The second-order valence-electron chi connectivity index (χ2n) is 13.3. The van der Waals surface area contributed by atoms with E-state index in [0.717, 1.165) is 50.3 Å². The molecule has 0 N–H and O–H groups in total. The normalized spacial score (nSPS) is 11.3.